The Bertz CT molecular complexity index is 549. The minimum absolute atomic E-state index is 0.00893. The van der Waals surface area contributed by atoms with Gasteiger partial charge in [-0.2, -0.15) is 0 Å². The van der Waals surface area contributed by atoms with Gasteiger partial charge >= 0.3 is 0 Å². The van der Waals surface area contributed by atoms with E-state index in [-0.39, 0.29) is 6.04 Å². The standard InChI is InChI=1S/C14H22N2O2S/c1-10-9-13(7-8-14(10)15)19(17,18)16-11(2)12-5-3-4-6-12/h7-9,11-12,16H,3-6,15H2,1-2H3. The van der Waals surface area contributed by atoms with E-state index in [9.17, 15) is 8.42 Å². The minimum atomic E-state index is -3.44. The van der Waals surface area contributed by atoms with E-state index >= 15 is 0 Å². The summed E-state index contributed by atoms with van der Waals surface area (Å²) in [5, 5.41) is 0. The molecule has 19 heavy (non-hydrogen) atoms. The molecule has 1 aromatic rings. The number of benzene rings is 1. The van der Waals surface area contributed by atoms with Crippen molar-refractivity contribution in [2.24, 2.45) is 5.92 Å². The van der Waals surface area contributed by atoms with E-state index < -0.39 is 10.0 Å². The van der Waals surface area contributed by atoms with E-state index in [4.69, 9.17) is 5.73 Å². The summed E-state index contributed by atoms with van der Waals surface area (Å²) >= 11 is 0. The van der Waals surface area contributed by atoms with E-state index in [1.54, 1.807) is 18.2 Å². The zero-order valence-electron chi connectivity index (χ0n) is 11.5. The largest absolute Gasteiger partial charge is 0.399 e. The highest BCUT2D eigenvalue weighted by Gasteiger charge is 2.26. The first-order valence-corrected chi connectivity index (χ1v) is 8.27. The number of nitrogens with one attached hydrogen (secondary N) is 1. The van der Waals surface area contributed by atoms with Crippen LogP contribution in [0, 0.1) is 12.8 Å². The summed E-state index contributed by atoms with van der Waals surface area (Å²) in [6.45, 7) is 3.77. The molecule has 0 aromatic heterocycles. The number of anilines is 1. The van der Waals surface area contributed by atoms with Crippen LogP contribution in [-0.2, 0) is 10.0 Å². The number of hydrogen-bond acceptors (Lipinski definition) is 3. The highest BCUT2D eigenvalue weighted by molar-refractivity contribution is 7.89. The summed E-state index contributed by atoms with van der Waals surface area (Å²) in [5.74, 6) is 0.463. The van der Waals surface area contributed by atoms with Crippen LogP contribution in [0.25, 0.3) is 0 Å². The van der Waals surface area contributed by atoms with Crippen LogP contribution in [0.1, 0.15) is 38.2 Å². The molecular formula is C14H22N2O2S. The molecule has 0 radical (unpaired) electrons. The molecule has 1 unspecified atom stereocenters. The van der Waals surface area contributed by atoms with Crippen LogP contribution in [0.2, 0.25) is 0 Å². The third kappa shape index (κ3) is 3.28. The molecule has 2 rings (SSSR count). The van der Waals surface area contributed by atoms with Gasteiger partial charge < -0.3 is 5.73 Å². The van der Waals surface area contributed by atoms with Crippen molar-refractivity contribution in [3.8, 4) is 0 Å². The second-order valence-corrected chi connectivity index (χ2v) is 7.19. The van der Waals surface area contributed by atoms with Gasteiger partial charge in [-0.15, -0.1) is 0 Å². The number of aryl methyl sites for hydroxylation is 1. The Labute approximate surface area is 115 Å². The number of nitrogen functional groups attached to an aromatic ring is 1. The molecule has 0 spiro atoms. The van der Waals surface area contributed by atoms with Gasteiger partial charge in [0.15, 0.2) is 0 Å². The number of nitrogens with two attached hydrogens (primary N) is 1. The molecule has 1 atom stereocenters. The Morgan fingerprint density at radius 2 is 1.95 bits per heavy atom. The average Bonchev–Trinajstić information content (AvgIpc) is 2.85. The highest BCUT2D eigenvalue weighted by Crippen LogP contribution is 2.28. The molecule has 0 bridgehead atoms. The average molecular weight is 282 g/mol. The van der Waals surface area contributed by atoms with E-state index in [2.05, 4.69) is 4.72 Å². The second kappa shape index (κ2) is 5.51. The Balaban J connectivity index is 2.15. The maximum atomic E-state index is 12.3. The lowest BCUT2D eigenvalue weighted by Gasteiger charge is -2.20. The molecular weight excluding hydrogens is 260 g/mol. The first-order valence-electron chi connectivity index (χ1n) is 6.78. The predicted octanol–water partition coefficient (Wildman–Crippen LogP) is 2.43. The van der Waals surface area contributed by atoms with Crippen LogP contribution >= 0.6 is 0 Å². The molecule has 0 aliphatic heterocycles. The summed E-state index contributed by atoms with van der Waals surface area (Å²) < 4.78 is 27.4. The van der Waals surface area contributed by atoms with E-state index in [0.29, 0.717) is 16.5 Å². The van der Waals surface area contributed by atoms with E-state index in [1.807, 2.05) is 13.8 Å². The van der Waals surface area contributed by atoms with E-state index in [0.717, 1.165) is 18.4 Å². The van der Waals surface area contributed by atoms with Gasteiger partial charge in [0, 0.05) is 11.7 Å². The van der Waals surface area contributed by atoms with Crippen molar-refractivity contribution in [2.45, 2.75) is 50.5 Å². The van der Waals surface area contributed by atoms with Crippen molar-refractivity contribution >= 4 is 15.7 Å². The topological polar surface area (TPSA) is 72.2 Å². The van der Waals surface area contributed by atoms with Crippen molar-refractivity contribution in [2.75, 3.05) is 5.73 Å². The summed E-state index contributed by atoms with van der Waals surface area (Å²) in [5.41, 5.74) is 7.12. The molecule has 4 nitrogen and oxygen atoms in total. The fraction of sp³-hybridized carbons (Fsp3) is 0.571. The van der Waals surface area contributed by atoms with Gasteiger partial charge in [0.1, 0.15) is 0 Å². The molecule has 1 aliphatic carbocycles. The Morgan fingerprint density at radius 3 is 2.53 bits per heavy atom. The van der Waals surface area contributed by atoms with Crippen LogP contribution in [0.4, 0.5) is 5.69 Å². The SMILES string of the molecule is Cc1cc(S(=O)(=O)NC(C)C2CCCC2)ccc1N. The summed E-state index contributed by atoms with van der Waals surface area (Å²) in [6, 6.07) is 4.82. The Morgan fingerprint density at radius 1 is 1.32 bits per heavy atom. The Hall–Kier alpha value is -1.07. The molecule has 1 aliphatic rings. The molecule has 106 valence electrons. The lowest BCUT2D eigenvalue weighted by Crippen LogP contribution is -2.37. The van der Waals surface area contributed by atoms with E-state index in [1.165, 1.54) is 12.8 Å². The predicted molar refractivity (Wildman–Crippen MR) is 77.3 cm³/mol. The van der Waals surface area contributed by atoms with Crippen LogP contribution in [0.15, 0.2) is 23.1 Å². The molecule has 1 fully saturated rings. The van der Waals surface area contributed by atoms with Crippen LogP contribution in [0.5, 0.6) is 0 Å². The number of hydrogen-bond donors (Lipinski definition) is 2. The normalized spacial score (nSPS) is 18.6. The van der Waals surface area contributed by atoms with Gasteiger partial charge in [0.25, 0.3) is 0 Å². The highest BCUT2D eigenvalue weighted by atomic mass is 32.2. The monoisotopic (exact) mass is 282 g/mol. The van der Waals surface area contributed by atoms with Gasteiger partial charge in [0.05, 0.1) is 4.90 Å². The minimum Gasteiger partial charge on any atom is -0.399 e. The summed E-state index contributed by atoms with van der Waals surface area (Å²) in [4.78, 5) is 0.295. The fourth-order valence-corrected chi connectivity index (χ4v) is 4.08. The maximum absolute atomic E-state index is 12.3. The zero-order valence-corrected chi connectivity index (χ0v) is 12.3. The Kier molecular flexibility index (Phi) is 4.16. The van der Waals surface area contributed by atoms with Crippen molar-refractivity contribution in [1.82, 2.24) is 4.72 Å². The third-order valence-corrected chi connectivity index (χ3v) is 5.56. The van der Waals surface area contributed by atoms with Crippen LogP contribution in [-0.4, -0.2) is 14.5 Å². The first-order chi connectivity index (χ1) is 8.90. The van der Waals surface area contributed by atoms with Gasteiger partial charge in [-0.05, 0) is 56.4 Å². The number of sulfonamides is 1. The zero-order chi connectivity index (χ0) is 14.0. The second-order valence-electron chi connectivity index (χ2n) is 5.47. The van der Waals surface area contributed by atoms with Gasteiger partial charge in [0.2, 0.25) is 10.0 Å². The first kappa shape index (κ1) is 14.3. The van der Waals surface area contributed by atoms with Crippen molar-refractivity contribution in [3.05, 3.63) is 23.8 Å². The van der Waals surface area contributed by atoms with Crippen molar-refractivity contribution in [1.29, 1.82) is 0 Å². The number of rotatable bonds is 4. The lowest BCUT2D eigenvalue weighted by atomic mass is 10.0. The third-order valence-electron chi connectivity index (χ3n) is 4.00. The van der Waals surface area contributed by atoms with Crippen LogP contribution < -0.4 is 10.5 Å². The van der Waals surface area contributed by atoms with Crippen molar-refractivity contribution < 1.29 is 8.42 Å². The van der Waals surface area contributed by atoms with Gasteiger partial charge in [-0.1, -0.05) is 12.8 Å². The molecule has 5 heteroatoms. The quantitative estimate of drug-likeness (QED) is 0.833. The van der Waals surface area contributed by atoms with Crippen molar-refractivity contribution in [3.63, 3.8) is 0 Å². The molecule has 0 saturated heterocycles. The summed E-state index contributed by atoms with van der Waals surface area (Å²) in [6.07, 6.45) is 4.64. The molecule has 0 heterocycles. The van der Waals surface area contributed by atoms with Gasteiger partial charge in [-0.25, -0.2) is 13.1 Å². The molecule has 3 N–H and O–H groups in total. The molecule has 1 saturated carbocycles. The smallest absolute Gasteiger partial charge is 0.240 e. The summed E-state index contributed by atoms with van der Waals surface area (Å²) in [7, 11) is -3.44. The molecule has 1 aromatic carbocycles. The fourth-order valence-electron chi connectivity index (χ4n) is 2.68. The lowest BCUT2D eigenvalue weighted by molar-refractivity contribution is 0.424. The van der Waals surface area contributed by atoms with Gasteiger partial charge in [-0.3, -0.25) is 0 Å². The van der Waals surface area contributed by atoms with Crippen LogP contribution in [0.3, 0.4) is 0 Å². The maximum Gasteiger partial charge on any atom is 0.240 e. The molecule has 0 amide bonds.